The highest BCUT2D eigenvalue weighted by Crippen LogP contribution is 2.41. The molecule has 5 nitrogen and oxygen atoms in total. The van der Waals surface area contributed by atoms with E-state index >= 15 is 0 Å². The van der Waals surface area contributed by atoms with Crippen LogP contribution in [-0.2, 0) is 16.1 Å². The average molecular weight is 449 g/mol. The molecular weight excluding hydrogens is 416 g/mol. The van der Waals surface area contributed by atoms with Crippen LogP contribution >= 0.6 is 0 Å². The zero-order chi connectivity index (χ0) is 23.7. The number of carbonyl (C=O) groups excluding carboxylic acids is 1. The van der Waals surface area contributed by atoms with E-state index in [4.69, 9.17) is 9.16 Å². The Morgan fingerprint density at radius 3 is 2.44 bits per heavy atom. The molecule has 0 aliphatic carbocycles. The molecule has 0 bridgehead atoms. The molecule has 2 aromatic carbocycles. The highest BCUT2D eigenvalue weighted by molar-refractivity contribution is 6.74. The number of hydrogen-bond donors (Lipinski definition) is 0. The minimum absolute atomic E-state index is 0.000521. The van der Waals surface area contributed by atoms with Crippen LogP contribution in [0.3, 0.4) is 0 Å². The lowest BCUT2D eigenvalue weighted by molar-refractivity contribution is -0.135. The van der Waals surface area contributed by atoms with Crippen LogP contribution < -0.4 is 4.43 Å². The molecule has 0 fully saturated rings. The Morgan fingerprint density at radius 2 is 1.84 bits per heavy atom. The molecule has 0 saturated heterocycles. The van der Waals surface area contributed by atoms with Gasteiger partial charge in [-0.2, -0.15) is 5.26 Å². The first-order valence-electron chi connectivity index (χ1n) is 11.0. The highest BCUT2D eigenvalue weighted by Gasteiger charge is 2.39. The van der Waals surface area contributed by atoms with E-state index in [2.05, 4.69) is 63.6 Å². The molecule has 0 unspecified atom stereocenters. The van der Waals surface area contributed by atoms with Crippen LogP contribution in [0, 0.1) is 11.3 Å². The van der Waals surface area contributed by atoms with Crippen molar-refractivity contribution >= 4 is 42.2 Å². The highest BCUT2D eigenvalue weighted by atomic mass is 28.4. The molecule has 6 heteroatoms. The summed E-state index contributed by atoms with van der Waals surface area (Å²) in [5, 5.41) is 11.8. The van der Waals surface area contributed by atoms with Gasteiger partial charge >= 0.3 is 5.97 Å². The van der Waals surface area contributed by atoms with E-state index in [1.54, 1.807) is 6.08 Å². The summed E-state index contributed by atoms with van der Waals surface area (Å²) in [5.41, 5.74) is 2.92. The molecule has 3 rings (SSSR count). The summed E-state index contributed by atoms with van der Waals surface area (Å²) in [4.78, 5) is 12.1. The van der Waals surface area contributed by atoms with Crippen LogP contribution in [0.15, 0.2) is 42.0 Å². The van der Waals surface area contributed by atoms with E-state index in [0.29, 0.717) is 11.3 Å². The van der Waals surface area contributed by atoms with Crippen molar-refractivity contribution in [2.24, 2.45) is 0 Å². The number of esters is 1. The number of para-hydroxylation sites is 1. The number of nitrogens with zero attached hydrogens (tertiary/aromatic N) is 2. The average Bonchev–Trinajstić information content (AvgIpc) is 3.03. The molecule has 1 heterocycles. The van der Waals surface area contributed by atoms with Gasteiger partial charge in [-0.25, -0.2) is 4.79 Å². The SMILES string of the molecule is CCCn1c2ccccc2c2cc(C=C(C#N)C(=O)OC)c(O[Si](C)(C)C(C)(C)C)cc21. The van der Waals surface area contributed by atoms with Crippen molar-refractivity contribution in [1.29, 1.82) is 5.26 Å². The maximum Gasteiger partial charge on any atom is 0.348 e. The molecular formula is C26H32N2O3Si. The Balaban J connectivity index is 2.36. The second kappa shape index (κ2) is 8.83. The minimum atomic E-state index is -2.17. The number of benzene rings is 2. The third kappa shape index (κ3) is 4.30. The number of ether oxygens (including phenoxy) is 1. The van der Waals surface area contributed by atoms with E-state index in [-0.39, 0.29) is 10.6 Å². The predicted octanol–water partition coefficient (Wildman–Crippen LogP) is 6.67. The van der Waals surface area contributed by atoms with Gasteiger partial charge < -0.3 is 13.7 Å². The summed E-state index contributed by atoms with van der Waals surface area (Å²) in [7, 11) is -0.894. The smallest absolute Gasteiger partial charge is 0.348 e. The summed E-state index contributed by atoms with van der Waals surface area (Å²) < 4.78 is 13.8. The van der Waals surface area contributed by atoms with Gasteiger partial charge in [-0.15, -0.1) is 0 Å². The van der Waals surface area contributed by atoms with Crippen LogP contribution in [0.4, 0.5) is 0 Å². The van der Waals surface area contributed by atoms with Crippen LogP contribution in [0.25, 0.3) is 27.9 Å². The van der Waals surface area contributed by atoms with Gasteiger partial charge in [0.05, 0.1) is 12.6 Å². The van der Waals surface area contributed by atoms with Gasteiger partial charge in [0.25, 0.3) is 8.32 Å². The van der Waals surface area contributed by atoms with Crippen molar-refractivity contribution in [2.75, 3.05) is 7.11 Å². The quantitative estimate of drug-likeness (QED) is 0.183. The Labute approximate surface area is 191 Å². The number of fused-ring (bicyclic) bond motifs is 3. The van der Waals surface area contributed by atoms with Crippen molar-refractivity contribution in [1.82, 2.24) is 4.57 Å². The minimum Gasteiger partial charge on any atom is -0.543 e. The molecule has 0 saturated carbocycles. The first-order valence-corrected chi connectivity index (χ1v) is 13.9. The van der Waals surface area contributed by atoms with Crippen LogP contribution in [0.2, 0.25) is 18.1 Å². The van der Waals surface area contributed by atoms with Gasteiger partial charge in [0.2, 0.25) is 0 Å². The summed E-state index contributed by atoms with van der Waals surface area (Å²) in [5.74, 6) is 0.0418. The molecule has 0 radical (unpaired) electrons. The molecule has 3 aromatic rings. The van der Waals surface area contributed by atoms with Crippen LogP contribution in [0.5, 0.6) is 5.75 Å². The van der Waals surface area contributed by atoms with E-state index in [9.17, 15) is 10.1 Å². The topological polar surface area (TPSA) is 64.2 Å². The van der Waals surface area contributed by atoms with Gasteiger partial charge in [0, 0.05) is 34.5 Å². The predicted molar refractivity (Wildman–Crippen MR) is 133 cm³/mol. The Bertz CT molecular complexity index is 1240. The van der Waals surface area contributed by atoms with Crippen molar-refractivity contribution in [3.05, 3.63) is 47.5 Å². The fourth-order valence-electron chi connectivity index (χ4n) is 3.59. The zero-order valence-corrected chi connectivity index (χ0v) is 21.1. The summed E-state index contributed by atoms with van der Waals surface area (Å²) in [6.45, 7) is 14.0. The Kier molecular flexibility index (Phi) is 6.52. The number of rotatable bonds is 6. The lowest BCUT2D eigenvalue weighted by Crippen LogP contribution is -2.44. The van der Waals surface area contributed by atoms with Gasteiger partial charge in [-0.3, -0.25) is 0 Å². The van der Waals surface area contributed by atoms with Crippen LogP contribution in [0.1, 0.15) is 39.7 Å². The van der Waals surface area contributed by atoms with Gasteiger partial charge in [-0.1, -0.05) is 45.9 Å². The summed E-state index contributed by atoms with van der Waals surface area (Å²) in [6.07, 6.45) is 2.59. The molecule has 1 aromatic heterocycles. The molecule has 0 aliphatic rings. The van der Waals surface area contributed by atoms with E-state index in [1.807, 2.05) is 24.3 Å². The molecule has 0 amide bonds. The van der Waals surface area contributed by atoms with Crippen molar-refractivity contribution in [3.63, 3.8) is 0 Å². The number of nitriles is 1. The normalized spacial score (nSPS) is 12.8. The zero-order valence-electron chi connectivity index (χ0n) is 20.1. The first-order chi connectivity index (χ1) is 15.0. The second-order valence-electron chi connectivity index (χ2n) is 9.60. The molecule has 32 heavy (non-hydrogen) atoms. The van der Waals surface area contributed by atoms with Gasteiger partial charge in [0.1, 0.15) is 17.4 Å². The molecule has 168 valence electrons. The number of carbonyl (C=O) groups is 1. The maximum absolute atomic E-state index is 12.1. The van der Waals surface area contributed by atoms with E-state index in [1.165, 1.54) is 7.11 Å². The Morgan fingerprint density at radius 1 is 1.16 bits per heavy atom. The van der Waals surface area contributed by atoms with Crippen molar-refractivity contribution < 1.29 is 14.0 Å². The second-order valence-corrected chi connectivity index (χ2v) is 14.3. The summed E-state index contributed by atoms with van der Waals surface area (Å²) in [6, 6.07) is 14.4. The molecule has 0 atom stereocenters. The third-order valence-corrected chi connectivity index (χ3v) is 10.7. The van der Waals surface area contributed by atoms with Crippen molar-refractivity contribution in [3.8, 4) is 11.8 Å². The molecule has 0 spiro atoms. The van der Waals surface area contributed by atoms with E-state index in [0.717, 1.165) is 34.8 Å². The summed E-state index contributed by atoms with van der Waals surface area (Å²) >= 11 is 0. The van der Waals surface area contributed by atoms with Gasteiger partial charge in [0.15, 0.2) is 0 Å². The number of methoxy groups -OCH3 is 1. The lowest BCUT2D eigenvalue weighted by Gasteiger charge is -2.37. The molecule has 0 N–H and O–H groups in total. The fourth-order valence-corrected chi connectivity index (χ4v) is 4.62. The van der Waals surface area contributed by atoms with Crippen LogP contribution in [-0.4, -0.2) is 26.0 Å². The number of hydrogen-bond acceptors (Lipinski definition) is 4. The van der Waals surface area contributed by atoms with Crippen molar-refractivity contribution in [2.45, 2.75) is 58.8 Å². The maximum atomic E-state index is 12.1. The standard InChI is InChI=1S/C26H32N2O3Si/c1-8-13-28-22-12-10-9-11-20(22)21-15-18(14-19(17-27)25(29)30-5)24(16-23(21)28)31-32(6,7)26(2,3)4/h9-12,14-16H,8,13H2,1-7H3. The Hall–Kier alpha value is -3.04. The third-order valence-electron chi connectivity index (χ3n) is 6.35. The molecule has 0 aliphatic heterocycles. The largest absolute Gasteiger partial charge is 0.543 e. The fraction of sp³-hybridized carbons (Fsp3) is 0.385. The first kappa shape index (κ1) is 23.6. The number of aromatic nitrogens is 1. The van der Waals surface area contributed by atoms with Gasteiger partial charge in [-0.05, 0) is 42.8 Å². The lowest BCUT2D eigenvalue weighted by atomic mass is 10.1. The monoisotopic (exact) mass is 448 g/mol. The van der Waals surface area contributed by atoms with E-state index < -0.39 is 14.3 Å². The number of aryl methyl sites for hydroxylation is 1.